The van der Waals surface area contributed by atoms with E-state index in [4.69, 9.17) is 10.5 Å². The van der Waals surface area contributed by atoms with E-state index in [0.29, 0.717) is 0 Å². The van der Waals surface area contributed by atoms with Gasteiger partial charge in [0.25, 0.3) is 0 Å². The average Bonchev–Trinajstić information content (AvgIpc) is 2.29. The van der Waals surface area contributed by atoms with Crippen molar-refractivity contribution < 1.29 is 4.74 Å². The first-order valence-electron chi connectivity index (χ1n) is 4.95. The lowest BCUT2D eigenvalue weighted by Gasteiger charge is -2.23. The zero-order valence-electron chi connectivity index (χ0n) is 8.18. The molecular formula is C13H11NO. The van der Waals surface area contributed by atoms with Crippen molar-refractivity contribution in [2.75, 3.05) is 0 Å². The number of rotatable bonds is 0. The summed E-state index contributed by atoms with van der Waals surface area (Å²) in [6.45, 7) is 0. The van der Waals surface area contributed by atoms with E-state index in [-0.39, 0.29) is 6.10 Å². The Labute approximate surface area is 87.7 Å². The van der Waals surface area contributed by atoms with Crippen molar-refractivity contribution in [1.29, 1.82) is 0 Å². The topological polar surface area (TPSA) is 35.2 Å². The zero-order valence-corrected chi connectivity index (χ0v) is 8.18. The maximum absolute atomic E-state index is 5.98. The van der Waals surface area contributed by atoms with Gasteiger partial charge in [0.15, 0.2) is 0 Å². The first kappa shape index (κ1) is 8.36. The van der Waals surface area contributed by atoms with Gasteiger partial charge in [0.05, 0.1) is 6.26 Å². The number of hydrogen-bond acceptors (Lipinski definition) is 2. The van der Waals surface area contributed by atoms with Gasteiger partial charge >= 0.3 is 0 Å². The molecule has 2 aliphatic rings. The maximum atomic E-state index is 5.98. The molecule has 0 fully saturated rings. The molecule has 0 bridgehead atoms. The Balaban J connectivity index is 2.42. The van der Waals surface area contributed by atoms with Crippen molar-refractivity contribution in [2.45, 2.75) is 6.10 Å². The summed E-state index contributed by atoms with van der Waals surface area (Å²) in [5.41, 5.74) is 7.86. The summed E-state index contributed by atoms with van der Waals surface area (Å²) in [6.07, 6.45) is 7.64. The summed E-state index contributed by atoms with van der Waals surface area (Å²) in [4.78, 5) is 0. The molecule has 0 saturated carbocycles. The second-order valence-corrected chi connectivity index (χ2v) is 3.68. The molecule has 0 aromatic heterocycles. The normalized spacial score (nSPS) is 22.0. The smallest absolute Gasteiger partial charge is 0.144 e. The van der Waals surface area contributed by atoms with Gasteiger partial charge in [-0.15, -0.1) is 0 Å². The summed E-state index contributed by atoms with van der Waals surface area (Å²) in [6, 6.07) is 8.13. The van der Waals surface area contributed by atoms with Crippen LogP contribution in [0.15, 0.2) is 48.2 Å². The highest BCUT2D eigenvalue weighted by molar-refractivity contribution is 5.72. The van der Waals surface area contributed by atoms with Crippen molar-refractivity contribution in [1.82, 2.24) is 0 Å². The second kappa shape index (κ2) is 3.02. The lowest BCUT2D eigenvalue weighted by molar-refractivity contribution is 0.274. The molecule has 1 heterocycles. The van der Waals surface area contributed by atoms with E-state index in [2.05, 4.69) is 6.07 Å². The predicted molar refractivity (Wildman–Crippen MR) is 59.8 cm³/mol. The minimum Gasteiger partial charge on any atom is -0.488 e. The Morgan fingerprint density at radius 3 is 3.00 bits per heavy atom. The number of ether oxygens (including phenoxy) is 1. The highest BCUT2D eigenvalue weighted by Crippen LogP contribution is 2.20. The number of fused-ring (bicyclic) bond motifs is 2. The molecule has 2 nitrogen and oxygen atoms in total. The first-order valence-corrected chi connectivity index (χ1v) is 4.95. The van der Waals surface area contributed by atoms with Gasteiger partial charge in [0, 0.05) is 16.5 Å². The number of allylic oxidation sites excluding steroid dienone is 2. The molecule has 1 aromatic carbocycles. The van der Waals surface area contributed by atoms with E-state index in [9.17, 15) is 0 Å². The largest absolute Gasteiger partial charge is 0.488 e. The summed E-state index contributed by atoms with van der Waals surface area (Å²) in [5, 5.41) is 2.27. The minimum atomic E-state index is -0.0232. The second-order valence-electron chi connectivity index (χ2n) is 3.68. The van der Waals surface area contributed by atoms with E-state index < -0.39 is 0 Å². The number of hydrogen-bond donors (Lipinski definition) is 1. The molecule has 2 heteroatoms. The van der Waals surface area contributed by atoms with E-state index >= 15 is 0 Å². The fourth-order valence-electron chi connectivity index (χ4n) is 2.02. The Hall–Kier alpha value is -1.96. The Morgan fingerprint density at radius 2 is 2.07 bits per heavy atom. The molecule has 0 amide bonds. The van der Waals surface area contributed by atoms with Crippen LogP contribution < -0.4 is 16.2 Å². The lowest BCUT2D eigenvalue weighted by Crippen LogP contribution is -2.37. The molecule has 74 valence electrons. The van der Waals surface area contributed by atoms with Crippen LogP contribution in [0.25, 0.3) is 11.8 Å². The van der Waals surface area contributed by atoms with Gasteiger partial charge in [0.2, 0.25) is 0 Å². The first-order chi connectivity index (χ1) is 7.36. The standard InChI is InChI=1S/C13H11NO/c14-11-6-3-7-12-13(11)10-5-2-1-4-9(10)8-15-12/h1-8,12H,14H2. The van der Waals surface area contributed by atoms with Crippen LogP contribution in [0.4, 0.5) is 0 Å². The molecule has 1 aliphatic carbocycles. The summed E-state index contributed by atoms with van der Waals surface area (Å²) < 4.78 is 5.61. The molecule has 2 N–H and O–H groups in total. The van der Waals surface area contributed by atoms with Crippen LogP contribution in [0.5, 0.6) is 0 Å². The molecule has 0 radical (unpaired) electrons. The molecule has 15 heavy (non-hydrogen) atoms. The van der Waals surface area contributed by atoms with Crippen LogP contribution >= 0.6 is 0 Å². The quantitative estimate of drug-likeness (QED) is 0.653. The fraction of sp³-hybridized carbons (Fsp3) is 0.0769. The van der Waals surface area contributed by atoms with Crippen molar-refractivity contribution >= 4 is 11.8 Å². The zero-order chi connectivity index (χ0) is 10.3. The monoisotopic (exact) mass is 197 g/mol. The van der Waals surface area contributed by atoms with Gasteiger partial charge in [-0.2, -0.15) is 0 Å². The van der Waals surface area contributed by atoms with Crippen molar-refractivity contribution in [3.63, 3.8) is 0 Å². The van der Waals surface area contributed by atoms with Crippen LogP contribution in [0.1, 0.15) is 0 Å². The number of nitrogens with two attached hydrogens (primary N) is 1. The predicted octanol–water partition coefficient (Wildman–Crippen LogP) is 0.386. The molecule has 0 spiro atoms. The Bertz CT molecular complexity index is 581. The minimum absolute atomic E-state index is 0.0232. The van der Waals surface area contributed by atoms with Crippen LogP contribution in [-0.4, -0.2) is 6.10 Å². The van der Waals surface area contributed by atoms with E-state index in [1.807, 2.05) is 36.4 Å². The molecule has 0 saturated heterocycles. The van der Waals surface area contributed by atoms with Crippen molar-refractivity contribution in [2.24, 2.45) is 5.73 Å². The molecular weight excluding hydrogens is 186 g/mol. The molecule has 1 aromatic rings. The third-order valence-electron chi connectivity index (χ3n) is 2.75. The van der Waals surface area contributed by atoms with Gasteiger partial charge in [-0.05, 0) is 17.4 Å². The van der Waals surface area contributed by atoms with Gasteiger partial charge in [-0.1, -0.05) is 30.3 Å². The van der Waals surface area contributed by atoms with Gasteiger partial charge in [-0.25, -0.2) is 0 Å². The third-order valence-corrected chi connectivity index (χ3v) is 2.75. The lowest BCUT2D eigenvalue weighted by atomic mass is 9.96. The highest BCUT2D eigenvalue weighted by Gasteiger charge is 2.20. The van der Waals surface area contributed by atoms with Crippen molar-refractivity contribution in [3.05, 3.63) is 58.6 Å². The molecule has 1 atom stereocenters. The molecule has 1 aliphatic heterocycles. The number of benzene rings is 1. The van der Waals surface area contributed by atoms with E-state index in [1.54, 1.807) is 6.26 Å². The maximum Gasteiger partial charge on any atom is 0.144 e. The highest BCUT2D eigenvalue weighted by atomic mass is 16.5. The van der Waals surface area contributed by atoms with Crippen LogP contribution in [-0.2, 0) is 4.74 Å². The van der Waals surface area contributed by atoms with E-state index in [0.717, 1.165) is 16.5 Å². The summed E-state index contributed by atoms with van der Waals surface area (Å²) >= 11 is 0. The third kappa shape index (κ3) is 1.18. The van der Waals surface area contributed by atoms with Gasteiger partial charge < -0.3 is 10.5 Å². The van der Waals surface area contributed by atoms with Gasteiger partial charge in [0.1, 0.15) is 6.10 Å². The average molecular weight is 197 g/mol. The van der Waals surface area contributed by atoms with E-state index in [1.165, 1.54) is 5.22 Å². The summed E-state index contributed by atoms with van der Waals surface area (Å²) in [7, 11) is 0. The Kier molecular flexibility index (Phi) is 1.68. The van der Waals surface area contributed by atoms with Crippen LogP contribution in [0, 0.1) is 0 Å². The summed E-state index contributed by atoms with van der Waals surface area (Å²) in [5.74, 6) is 0. The van der Waals surface area contributed by atoms with Crippen LogP contribution in [0.3, 0.4) is 0 Å². The Morgan fingerprint density at radius 1 is 1.20 bits per heavy atom. The van der Waals surface area contributed by atoms with Crippen LogP contribution in [0.2, 0.25) is 0 Å². The van der Waals surface area contributed by atoms with Crippen molar-refractivity contribution in [3.8, 4) is 0 Å². The SMILES string of the molecule is NC1=CC=CC2OC=c3ccccc3=C12. The fourth-order valence-corrected chi connectivity index (χ4v) is 2.02. The molecule has 3 rings (SSSR count). The van der Waals surface area contributed by atoms with Gasteiger partial charge in [-0.3, -0.25) is 0 Å². The molecule has 1 unspecified atom stereocenters.